The highest BCUT2D eigenvalue weighted by Crippen LogP contribution is 2.20. The molecule has 0 unspecified atom stereocenters. The molecule has 0 fully saturated rings. The zero-order valence-corrected chi connectivity index (χ0v) is 18.8. The summed E-state index contributed by atoms with van der Waals surface area (Å²) in [6.45, 7) is 2.36. The number of carbonyl (C=O) groups is 1. The minimum atomic E-state index is -0.686. The second-order valence-corrected chi connectivity index (χ2v) is 7.92. The molecular formula is C25H26N6O3. The highest BCUT2D eigenvalue weighted by atomic mass is 16.2. The van der Waals surface area contributed by atoms with E-state index in [0.29, 0.717) is 12.0 Å². The maximum atomic E-state index is 13.3. The number of benzene rings is 2. The first kappa shape index (κ1) is 22.8. The van der Waals surface area contributed by atoms with E-state index in [2.05, 4.69) is 10.1 Å². The summed E-state index contributed by atoms with van der Waals surface area (Å²) in [7, 11) is 0. The third kappa shape index (κ3) is 4.83. The Labute approximate surface area is 196 Å². The smallest absolute Gasteiger partial charge is 0.330 e. The summed E-state index contributed by atoms with van der Waals surface area (Å²) >= 11 is 0. The lowest BCUT2D eigenvalue weighted by Crippen LogP contribution is -2.42. The number of carbonyl (C=O) groups excluding carboxylic acids is 1. The van der Waals surface area contributed by atoms with Gasteiger partial charge in [-0.15, -0.1) is 0 Å². The van der Waals surface area contributed by atoms with Crippen molar-refractivity contribution in [1.82, 2.24) is 19.3 Å². The number of nitrogens with zero attached hydrogens (tertiary/aromatic N) is 4. The number of anilines is 2. The Morgan fingerprint density at radius 3 is 2.38 bits per heavy atom. The predicted octanol–water partition coefficient (Wildman–Crippen LogP) is 2.34. The van der Waals surface area contributed by atoms with Crippen LogP contribution >= 0.6 is 0 Å². The fraction of sp³-hybridized carbons (Fsp3) is 0.200. The molecule has 174 valence electrons. The van der Waals surface area contributed by atoms with Crippen LogP contribution in [0.4, 0.5) is 11.5 Å². The molecule has 9 nitrogen and oxygen atoms in total. The van der Waals surface area contributed by atoms with Gasteiger partial charge < -0.3 is 10.6 Å². The van der Waals surface area contributed by atoms with Crippen molar-refractivity contribution in [2.45, 2.75) is 26.3 Å². The molecule has 0 aliphatic carbocycles. The lowest BCUT2D eigenvalue weighted by molar-refractivity contribution is -0.118. The van der Waals surface area contributed by atoms with E-state index in [0.717, 1.165) is 11.3 Å². The second kappa shape index (κ2) is 10.0. The van der Waals surface area contributed by atoms with Crippen LogP contribution in [-0.2, 0) is 17.8 Å². The molecule has 0 spiro atoms. The largest absolute Gasteiger partial charge is 0.383 e. The minimum Gasteiger partial charge on any atom is -0.383 e. The monoisotopic (exact) mass is 458 g/mol. The first-order valence-corrected chi connectivity index (χ1v) is 11.0. The van der Waals surface area contributed by atoms with Gasteiger partial charge in [0.05, 0.1) is 24.8 Å². The Kier molecular flexibility index (Phi) is 6.72. The highest BCUT2D eigenvalue weighted by Gasteiger charge is 2.24. The van der Waals surface area contributed by atoms with Crippen molar-refractivity contribution in [2.75, 3.05) is 17.2 Å². The molecule has 0 aliphatic heterocycles. The molecule has 0 saturated carbocycles. The number of aromatic amines is 1. The predicted molar refractivity (Wildman–Crippen MR) is 131 cm³/mol. The maximum absolute atomic E-state index is 13.3. The van der Waals surface area contributed by atoms with Crippen LogP contribution in [0.1, 0.15) is 24.5 Å². The SMILES string of the molecule is CCCN(C(=O)Cc1cnn(-c2ccccc2)c1)c1c(N)n(Cc2ccccc2)c(=O)[nH]c1=O. The molecule has 34 heavy (non-hydrogen) atoms. The summed E-state index contributed by atoms with van der Waals surface area (Å²) in [5.41, 5.74) is 7.40. The number of nitrogens with one attached hydrogen (secondary N) is 1. The summed E-state index contributed by atoms with van der Waals surface area (Å²) in [6.07, 6.45) is 4.04. The van der Waals surface area contributed by atoms with E-state index in [4.69, 9.17) is 5.73 Å². The minimum absolute atomic E-state index is 0.0159. The molecule has 0 atom stereocenters. The van der Waals surface area contributed by atoms with Crippen LogP contribution in [0.15, 0.2) is 82.6 Å². The van der Waals surface area contributed by atoms with E-state index in [1.165, 1.54) is 9.47 Å². The molecule has 0 aliphatic rings. The quantitative estimate of drug-likeness (QED) is 0.420. The molecule has 0 bridgehead atoms. The van der Waals surface area contributed by atoms with Gasteiger partial charge in [0.2, 0.25) is 5.91 Å². The standard InChI is InChI=1S/C25H26N6O3/c1-2-13-29(21(32)14-19-15-27-31(17-19)20-11-7-4-8-12-20)22-23(26)30(25(34)28-24(22)33)16-18-9-5-3-6-10-18/h3-12,15,17H,2,13-14,16,26H2,1H3,(H,28,33,34). The van der Waals surface area contributed by atoms with Gasteiger partial charge in [-0.2, -0.15) is 5.10 Å². The van der Waals surface area contributed by atoms with Crippen LogP contribution < -0.4 is 21.9 Å². The lowest BCUT2D eigenvalue weighted by Gasteiger charge is -2.24. The molecule has 4 rings (SSSR count). The molecule has 9 heteroatoms. The van der Waals surface area contributed by atoms with Gasteiger partial charge in [-0.05, 0) is 29.7 Å². The van der Waals surface area contributed by atoms with E-state index in [-0.39, 0.29) is 36.9 Å². The third-order valence-corrected chi connectivity index (χ3v) is 5.43. The van der Waals surface area contributed by atoms with Crippen molar-refractivity contribution in [2.24, 2.45) is 0 Å². The molecule has 3 N–H and O–H groups in total. The van der Waals surface area contributed by atoms with Gasteiger partial charge in [-0.1, -0.05) is 55.5 Å². The van der Waals surface area contributed by atoms with E-state index < -0.39 is 11.2 Å². The molecular weight excluding hydrogens is 432 g/mol. The van der Waals surface area contributed by atoms with Crippen molar-refractivity contribution in [3.05, 3.63) is 105 Å². The average Bonchev–Trinajstić information content (AvgIpc) is 3.31. The summed E-state index contributed by atoms with van der Waals surface area (Å²) < 4.78 is 2.96. The van der Waals surface area contributed by atoms with E-state index in [1.807, 2.05) is 67.6 Å². The summed E-state index contributed by atoms with van der Waals surface area (Å²) in [5, 5.41) is 4.33. The Morgan fingerprint density at radius 1 is 1.03 bits per heavy atom. The number of hydrogen-bond acceptors (Lipinski definition) is 5. The molecule has 1 amide bonds. The number of H-pyrrole nitrogens is 1. The second-order valence-electron chi connectivity index (χ2n) is 7.92. The van der Waals surface area contributed by atoms with E-state index in [1.54, 1.807) is 17.1 Å². The Bertz CT molecular complexity index is 1390. The molecule has 4 aromatic rings. The number of nitrogen functional groups attached to an aromatic ring is 1. The Balaban J connectivity index is 1.65. The van der Waals surface area contributed by atoms with Crippen molar-refractivity contribution < 1.29 is 4.79 Å². The zero-order chi connectivity index (χ0) is 24.1. The number of rotatable bonds is 8. The lowest BCUT2D eigenvalue weighted by atomic mass is 10.2. The summed E-state index contributed by atoms with van der Waals surface area (Å²) in [5.74, 6) is -0.351. The fourth-order valence-corrected chi connectivity index (χ4v) is 3.79. The van der Waals surface area contributed by atoms with E-state index in [9.17, 15) is 14.4 Å². The maximum Gasteiger partial charge on any atom is 0.330 e. The van der Waals surface area contributed by atoms with Crippen LogP contribution in [0.25, 0.3) is 5.69 Å². The number of para-hydroxylation sites is 1. The van der Waals surface area contributed by atoms with Crippen LogP contribution in [0, 0.1) is 0 Å². The van der Waals surface area contributed by atoms with E-state index >= 15 is 0 Å². The van der Waals surface area contributed by atoms with Crippen LogP contribution in [0.3, 0.4) is 0 Å². The summed E-state index contributed by atoms with van der Waals surface area (Å²) in [4.78, 5) is 42.2. The van der Waals surface area contributed by atoms with Gasteiger partial charge in [-0.3, -0.25) is 19.1 Å². The first-order chi connectivity index (χ1) is 16.5. The number of amides is 1. The fourth-order valence-electron chi connectivity index (χ4n) is 3.79. The van der Waals surface area contributed by atoms with Crippen LogP contribution in [-0.4, -0.2) is 31.8 Å². The highest BCUT2D eigenvalue weighted by molar-refractivity contribution is 5.96. The Morgan fingerprint density at radius 2 is 1.71 bits per heavy atom. The third-order valence-electron chi connectivity index (χ3n) is 5.43. The number of hydrogen-bond donors (Lipinski definition) is 2. The van der Waals surface area contributed by atoms with Crippen LogP contribution in [0.5, 0.6) is 0 Å². The van der Waals surface area contributed by atoms with Crippen molar-refractivity contribution in [3.63, 3.8) is 0 Å². The number of aromatic nitrogens is 4. The van der Waals surface area contributed by atoms with Crippen LogP contribution in [0.2, 0.25) is 0 Å². The zero-order valence-electron chi connectivity index (χ0n) is 18.8. The molecule has 0 saturated heterocycles. The van der Waals surface area contributed by atoms with Gasteiger partial charge in [0.25, 0.3) is 5.56 Å². The molecule has 2 heterocycles. The molecule has 2 aromatic heterocycles. The molecule has 2 aromatic carbocycles. The topological polar surface area (TPSA) is 119 Å². The van der Waals surface area contributed by atoms with Gasteiger partial charge in [0.1, 0.15) is 5.82 Å². The average molecular weight is 459 g/mol. The van der Waals surface area contributed by atoms with Crippen molar-refractivity contribution >= 4 is 17.4 Å². The number of nitrogens with two attached hydrogens (primary N) is 1. The van der Waals surface area contributed by atoms with Crippen molar-refractivity contribution in [1.29, 1.82) is 0 Å². The van der Waals surface area contributed by atoms with Crippen molar-refractivity contribution in [3.8, 4) is 5.69 Å². The van der Waals surface area contributed by atoms with Gasteiger partial charge in [0, 0.05) is 12.7 Å². The van der Waals surface area contributed by atoms with Gasteiger partial charge in [0.15, 0.2) is 5.69 Å². The van der Waals surface area contributed by atoms with Gasteiger partial charge >= 0.3 is 5.69 Å². The normalized spacial score (nSPS) is 10.9. The first-order valence-electron chi connectivity index (χ1n) is 11.0. The Hall–Kier alpha value is -4.40. The molecule has 0 radical (unpaired) electrons. The van der Waals surface area contributed by atoms with Gasteiger partial charge in [-0.25, -0.2) is 9.48 Å². The summed E-state index contributed by atoms with van der Waals surface area (Å²) in [6, 6.07) is 18.9.